The quantitative estimate of drug-likeness (QED) is 0.821. The summed E-state index contributed by atoms with van der Waals surface area (Å²) in [6.07, 6.45) is -2.30. The van der Waals surface area contributed by atoms with Gasteiger partial charge in [0.15, 0.2) is 0 Å². The van der Waals surface area contributed by atoms with Gasteiger partial charge < -0.3 is 5.32 Å². The largest absolute Gasteiger partial charge is 0.391 e. The van der Waals surface area contributed by atoms with Crippen molar-refractivity contribution in [2.75, 3.05) is 0 Å². The molecular formula is C17H24F3N. The molecule has 1 aromatic rings. The van der Waals surface area contributed by atoms with Gasteiger partial charge in [0.2, 0.25) is 0 Å². The Morgan fingerprint density at radius 3 is 2.29 bits per heavy atom. The van der Waals surface area contributed by atoms with E-state index in [0.717, 1.165) is 0 Å². The molecule has 0 amide bonds. The lowest BCUT2D eigenvalue weighted by Gasteiger charge is -2.32. The summed E-state index contributed by atoms with van der Waals surface area (Å²) in [6.45, 7) is 6.23. The van der Waals surface area contributed by atoms with Gasteiger partial charge in [-0.2, -0.15) is 13.2 Å². The maximum Gasteiger partial charge on any atom is 0.391 e. The van der Waals surface area contributed by atoms with Crippen molar-refractivity contribution < 1.29 is 13.2 Å². The molecule has 1 aliphatic carbocycles. The molecule has 1 fully saturated rings. The Hall–Kier alpha value is -1.03. The fourth-order valence-corrected chi connectivity index (χ4v) is 3.26. The van der Waals surface area contributed by atoms with Gasteiger partial charge in [-0.05, 0) is 57.6 Å². The third-order valence-corrected chi connectivity index (χ3v) is 4.58. The number of nitrogens with one attached hydrogen (secondary N) is 1. The molecule has 0 heterocycles. The first kappa shape index (κ1) is 16.3. The van der Waals surface area contributed by atoms with E-state index in [1.165, 1.54) is 16.7 Å². The van der Waals surface area contributed by atoms with Crippen molar-refractivity contribution in [2.45, 2.75) is 64.7 Å². The average molecular weight is 299 g/mol. The standard InChI is InChI=1S/C17H24F3N/c1-11-4-5-12(2)16(10-11)13(3)21-15-8-6-14(7-9-15)17(18,19)20/h4-5,10,13-15,21H,6-9H2,1-3H3. The van der Waals surface area contributed by atoms with Crippen LogP contribution < -0.4 is 5.32 Å². The van der Waals surface area contributed by atoms with Crippen LogP contribution in [0.1, 0.15) is 55.3 Å². The predicted octanol–water partition coefficient (Wildman–Crippen LogP) is 5.08. The van der Waals surface area contributed by atoms with E-state index in [1.807, 2.05) is 0 Å². The minimum absolute atomic E-state index is 0.178. The second-order valence-corrected chi connectivity index (χ2v) is 6.34. The molecule has 21 heavy (non-hydrogen) atoms. The summed E-state index contributed by atoms with van der Waals surface area (Å²) in [4.78, 5) is 0. The molecule has 0 radical (unpaired) electrons. The molecule has 0 bridgehead atoms. The first-order chi connectivity index (χ1) is 9.77. The summed E-state index contributed by atoms with van der Waals surface area (Å²) in [5, 5.41) is 3.51. The normalized spacial score (nSPS) is 24.9. The van der Waals surface area contributed by atoms with Gasteiger partial charge in [0, 0.05) is 12.1 Å². The lowest BCUT2D eigenvalue weighted by molar-refractivity contribution is -0.182. The van der Waals surface area contributed by atoms with Gasteiger partial charge in [-0.15, -0.1) is 0 Å². The molecule has 4 heteroatoms. The van der Waals surface area contributed by atoms with Crippen molar-refractivity contribution in [2.24, 2.45) is 5.92 Å². The first-order valence-corrected chi connectivity index (χ1v) is 7.67. The Kier molecular flexibility index (Phi) is 4.97. The minimum Gasteiger partial charge on any atom is -0.307 e. The van der Waals surface area contributed by atoms with E-state index in [-0.39, 0.29) is 24.9 Å². The third-order valence-electron chi connectivity index (χ3n) is 4.58. The van der Waals surface area contributed by atoms with Gasteiger partial charge in [-0.1, -0.05) is 23.8 Å². The maximum absolute atomic E-state index is 12.7. The molecule has 2 rings (SSSR count). The van der Waals surface area contributed by atoms with Crippen molar-refractivity contribution >= 4 is 0 Å². The Bertz CT molecular complexity index is 473. The van der Waals surface area contributed by atoms with Crippen LogP contribution in [-0.2, 0) is 0 Å². The van der Waals surface area contributed by atoms with E-state index in [0.29, 0.717) is 12.8 Å². The van der Waals surface area contributed by atoms with Gasteiger partial charge in [0.1, 0.15) is 0 Å². The molecule has 1 atom stereocenters. The lowest BCUT2D eigenvalue weighted by Crippen LogP contribution is -2.38. The van der Waals surface area contributed by atoms with E-state index in [2.05, 4.69) is 44.3 Å². The molecule has 1 aromatic carbocycles. The summed E-state index contributed by atoms with van der Waals surface area (Å²) >= 11 is 0. The first-order valence-electron chi connectivity index (χ1n) is 7.67. The van der Waals surface area contributed by atoms with Crippen LogP contribution in [0.25, 0.3) is 0 Å². The highest BCUT2D eigenvalue weighted by Gasteiger charge is 2.41. The zero-order chi connectivity index (χ0) is 15.6. The Morgan fingerprint density at radius 1 is 1.10 bits per heavy atom. The minimum atomic E-state index is -4.02. The number of alkyl halides is 3. The lowest BCUT2D eigenvalue weighted by atomic mass is 9.85. The van der Waals surface area contributed by atoms with Crippen LogP contribution >= 0.6 is 0 Å². The Morgan fingerprint density at radius 2 is 1.71 bits per heavy atom. The van der Waals surface area contributed by atoms with Crippen molar-refractivity contribution in [1.29, 1.82) is 0 Å². The van der Waals surface area contributed by atoms with Crippen LogP contribution in [0.2, 0.25) is 0 Å². The van der Waals surface area contributed by atoms with Crippen LogP contribution in [0.5, 0.6) is 0 Å². The maximum atomic E-state index is 12.7. The zero-order valence-corrected chi connectivity index (χ0v) is 12.9. The SMILES string of the molecule is Cc1ccc(C)c(C(C)NC2CCC(C(F)(F)F)CC2)c1. The Balaban J connectivity index is 1.93. The van der Waals surface area contributed by atoms with E-state index in [9.17, 15) is 13.2 Å². The third kappa shape index (κ3) is 4.22. The van der Waals surface area contributed by atoms with E-state index >= 15 is 0 Å². The predicted molar refractivity (Wildman–Crippen MR) is 79.3 cm³/mol. The van der Waals surface area contributed by atoms with Crippen LogP contribution in [0.3, 0.4) is 0 Å². The molecule has 0 saturated heterocycles. The van der Waals surface area contributed by atoms with Crippen LogP contribution in [0.4, 0.5) is 13.2 Å². The summed E-state index contributed by atoms with van der Waals surface area (Å²) in [5.74, 6) is -1.11. The number of rotatable bonds is 3. The fourth-order valence-electron chi connectivity index (χ4n) is 3.26. The molecule has 1 aliphatic rings. The van der Waals surface area contributed by atoms with Crippen LogP contribution in [0, 0.1) is 19.8 Å². The average Bonchev–Trinajstić information content (AvgIpc) is 2.41. The zero-order valence-electron chi connectivity index (χ0n) is 12.9. The van der Waals surface area contributed by atoms with E-state index in [4.69, 9.17) is 0 Å². The molecule has 1 nitrogen and oxygen atoms in total. The second-order valence-electron chi connectivity index (χ2n) is 6.34. The molecule has 1 N–H and O–H groups in total. The van der Waals surface area contributed by atoms with Gasteiger partial charge in [-0.25, -0.2) is 0 Å². The highest BCUT2D eigenvalue weighted by Crippen LogP contribution is 2.38. The van der Waals surface area contributed by atoms with Gasteiger partial charge in [0.25, 0.3) is 0 Å². The number of benzene rings is 1. The molecule has 1 saturated carbocycles. The molecule has 118 valence electrons. The van der Waals surface area contributed by atoms with Crippen LogP contribution in [-0.4, -0.2) is 12.2 Å². The van der Waals surface area contributed by atoms with Gasteiger partial charge >= 0.3 is 6.18 Å². The summed E-state index contributed by atoms with van der Waals surface area (Å²) in [5.41, 5.74) is 3.68. The second kappa shape index (κ2) is 6.39. The van der Waals surface area contributed by atoms with Crippen molar-refractivity contribution in [3.8, 4) is 0 Å². The smallest absolute Gasteiger partial charge is 0.307 e. The molecule has 0 aliphatic heterocycles. The number of aryl methyl sites for hydroxylation is 2. The molecule has 1 unspecified atom stereocenters. The summed E-state index contributed by atoms with van der Waals surface area (Å²) in [6, 6.07) is 6.72. The van der Waals surface area contributed by atoms with Crippen molar-refractivity contribution in [3.63, 3.8) is 0 Å². The summed E-state index contributed by atoms with van der Waals surface area (Å²) < 4.78 is 38.0. The Labute approximate surface area is 124 Å². The van der Waals surface area contributed by atoms with Gasteiger partial charge in [-0.3, -0.25) is 0 Å². The topological polar surface area (TPSA) is 12.0 Å². The highest BCUT2D eigenvalue weighted by molar-refractivity contribution is 5.32. The highest BCUT2D eigenvalue weighted by atomic mass is 19.4. The van der Waals surface area contributed by atoms with Crippen molar-refractivity contribution in [3.05, 3.63) is 34.9 Å². The molecule has 0 spiro atoms. The molecule has 0 aromatic heterocycles. The number of hydrogen-bond acceptors (Lipinski definition) is 1. The number of hydrogen-bond donors (Lipinski definition) is 1. The summed E-state index contributed by atoms with van der Waals surface area (Å²) in [7, 11) is 0. The number of halogens is 3. The van der Waals surface area contributed by atoms with E-state index in [1.54, 1.807) is 0 Å². The van der Waals surface area contributed by atoms with Crippen molar-refractivity contribution in [1.82, 2.24) is 5.32 Å². The van der Waals surface area contributed by atoms with Gasteiger partial charge in [0.05, 0.1) is 5.92 Å². The van der Waals surface area contributed by atoms with E-state index < -0.39 is 12.1 Å². The fraction of sp³-hybridized carbons (Fsp3) is 0.647. The molecular weight excluding hydrogens is 275 g/mol. The van der Waals surface area contributed by atoms with Crippen LogP contribution in [0.15, 0.2) is 18.2 Å². The monoisotopic (exact) mass is 299 g/mol.